The summed E-state index contributed by atoms with van der Waals surface area (Å²) in [5.41, 5.74) is 6.23. The number of anilines is 1. The second-order valence-corrected chi connectivity index (χ2v) is 5.09. The fourth-order valence-electron chi connectivity index (χ4n) is 2.32. The summed E-state index contributed by atoms with van der Waals surface area (Å²) in [5, 5.41) is 3.17. The van der Waals surface area contributed by atoms with Gasteiger partial charge in [-0.15, -0.1) is 0 Å². The number of pyridine rings is 1. The lowest BCUT2D eigenvalue weighted by atomic mass is 10.0. The van der Waals surface area contributed by atoms with Crippen molar-refractivity contribution in [2.24, 2.45) is 4.99 Å². The summed E-state index contributed by atoms with van der Waals surface area (Å²) in [6, 6.07) is 2.12. The number of hydrogen-bond acceptors (Lipinski definition) is 4. The van der Waals surface area contributed by atoms with Crippen LogP contribution in [0, 0.1) is 0 Å². The monoisotopic (exact) mass is 282 g/mol. The molecule has 0 aliphatic carbocycles. The molecule has 1 aliphatic rings. The molecule has 0 fully saturated rings. The molecule has 4 heteroatoms. The van der Waals surface area contributed by atoms with Gasteiger partial charge in [0.2, 0.25) is 0 Å². The highest BCUT2D eigenvalue weighted by molar-refractivity contribution is 6.12. The van der Waals surface area contributed by atoms with E-state index in [0.717, 1.165) is 39.6 Å². The zero-order valence-electron chi connectivity index (χ0n) is 13.4. The predicted octanol–water partition coefficient (Wildman–Crippen LogP) is 2.99. The number of nitrogens with one attached hydrogen (secondary N) is 1. The van der Waals surface area contributed by atoms with E-state index in [4.69, 9.17) is 0 Å². The Balaban J connectivity index is 2.49. The summed E-state index contributed by atoms with van der Waals surface area (Å²) >= 11 is 0. The van der Waals surface area contributed by atoms with E-state index in [9.17, 15) is 0 Å². The van der Waals surface area contributed by atoms with Gasteiger partial charge in [-0.1, -0.05) is 6.58 Å². The van der Waals surface area contributed by atoms with Gasteiger partial charge in [-0.2, -0.15) is 0 Å². The van der Waals surface area contributed by atoms with Gasteiger partial charge in [0.1, 0.15) is 5.82 Å². The highest BCUT2D eigenvalue weighted by atomic mass is 15.2. The van der Waals surface area contributed by atoms with Crippen LogP contribution in [-0.2, 0) is 0 Å². The maximum Gasteiger partial charge on any atom is 0.140 e. The summed E-state index contributed by atoms with van der Waals surface area (Å²) in [6.45, 7) is 8.10. The van der Waals surface area contributed by atoms with E-state index in [1.54, 1.807) is 0 Å². The molecule has 4 nitrogen and oxygen atoms in total. The first-order valence-electron chi connectivity index (χ1n) is 6.93. The van der Waals surface area contributed by atoms with Crippen molar-refractivity contribution in [3.05, 3.63) is 53.0 Å². The summed E-state index contributed by atoms with van der Waals surface area (Å²) in [5.74, 6) is 0.925. The van der Waals surface area contributed by atoms with Crippen LogP contribution in [0.5, 0.6) is 0 Å². The van der Waals surface area contributed by atoms with Gasteiger partial charge in [0.05, 0.1) is 5.71 Å². The van der Waals surface area contributed by atoms with E-state index in [-0.39, 0.29) is 0 Å². The molecule has 0 amide bonds. The largest absolute Gasteiger partial charge is 0.391 e. The average Bonchev–Trinajstić information content (AvgIpc) is 2.50. The van der Waals surface area contributed by atoms with Crippen LogP contribution in [0.1, 0.15) is 25.0 Å². The number of aromatic nitrogens is 1. The lowest BCUT2D eigenvalue weighted by Gasteiger charge is -2.24. The van der Waals surface area contributed by atoms with Gasteiger partial charge in [-0.3, -0.25) is 4.99 Å². The molecular formula is C17H22N4. The zero-order valence-corrected chi connectivity index (χ0v) is 13.4. The van der Waals surface area contributed by atoms with Crippen LogP contribution in [0.25, 0.3) is 6.08 Å². The van der Waals surface area contributed by atoms with Gasteiger partial charge in [0, 0.05) is 49.9 Å². The maximum atomic E-state index is 4.58. The SMILES string of the molecule is C=C1C=Cc2cc(C(=NC)/C(C)=C(\C)NC)cnc2N1C. The Kier molecular flexibility index (Phi) is 4.26. The molecule has 2 rings (SSSR count). The third kappa shape index (κ3) is 2.75. The van der Waals surface area contributed by atoms with Crippen LogP contribution in [0.2, 0.25) is 0 Å². The minimum absolute atomic E-state index is 0.925. The molecule has 21 heavy (non-hydrogen) atoms. The summed E-state index contributed by atoms with van der Waals surface area (Å²) < 4.78 is 0. The number of fused-ring (bicyclic) bond motifs is 1. The molecule has 0 saturated heterocycles. The van der Waals surface area contributed by atoms with E-state index in [1.165, 1.54) is 0 Å². The Hall–Kier alpha value is -2.36. The first kappa shape index (κ1) is 15.0. The molecule has 0 unspecified atom stereocenters. The normalized spacial score (nSPS) is 15.8. The molecule has 2 heterocycles. The molecule has 1 aromatic rings. The van der Waals surface area contributed by atoms with Crippen molar-refractivity contribution in [2.45, 2.75) is 13.8 Å². The molecule has 1 aromatic heterocycles. The molecular weight excluding hydrogens is 260 g/mol. The third-order valence-corrected chi connectivity index (χ3v) is 3.89. The van der Waals surface area contributed by atoms with Crippen molar-refractivity contribution < 1.29 is 0 Å². The Labute approximate surface area is 126 Å². The fourth-order valence-corrected chi connectivity index (χ4v) is 2.32. The van der Waals surface area contributed by atoms with Crippen LogP contribution in [-0.4, -0.2) is 31.8 Å². The topological polar surface area (TPSA) is 40.5 Å². The Morgan fingerprint density at radius 2 is 2.05 bits per heavy atom. The quantitative estimate of drug-likeness (QED) is 0.866. The van der Waals surface area contributed by atoms with Gasteiger partial charge in [0.25, 0.3) is 0 Å². The van der Waals surface area contributed by atoms with Gasteiger partial charge in [0.15, 0.2) is 0 Å². The minimum atomic E-state index is 0.925. The van der Waals surface area contributed by atoms with Crippen LogP contribution in [0.4, 0.5) is 5.82 Å². The van der Waals surface area contributed by atoms with Gasteiger partial charge in [-0.05, 0) is 37.6 Å². The second-order valence-electron chi connectivity index (χ2n) is 5.09. The molecule has 110 valence electrons. The number of rotatable bonds is 3. The number of hydrogen-bond donors (Lipinski definition) is 1. The van der Waals surface area contributed by atoms with Crippen LogP contribution in [0.15, 0.2) is 46.9 Å². The molecule has 0 atom stereocenters. The summed E-state index contributed by atoms with van der Waals surface area (Å²) in [4.78, 5) is 11.0. The molecule has 0 aromatic carbocycles. The molecule has 0 bridgehead atoms. The van der Waals surface area contributed by atoms with Crippen molar-refractivity contribution in [3.63, 3.8) is 0 Å². The first-order valence-corrected chi connectivity index (χ1v) is 6.93. The lowest BCUT2D eigenvalue weighted by molar-refractivity contribution is 0.973. The third-order valence-electron chi connectivity index (χ3n) is 3.89. The van der Waals surface area contributed by atoms with Crippen molar-refractivity contribution in [1.29, 1.82) is 0 Å². The zero-order chi connectivity index (χ0) is 15.6. The van der Waals surface area contributed by atoms with E-state index in [0.29, 0.717) is 0 Å². The minimum Gasteiger partial charge on any atom is -0.391 e. The van der Waals surface area contributed by atoms with Crippen LogP contribution in [0.3, 0.4) is 0 Å². The fraction of sp³-hybridized carbons (Fsp3) is 0.294. The molecule has 0 spiro atoms. The van der Waals surface area contributed by atoms with Crippen LogP contribution >= 0.6 is 0 Å². The van der Waals surface area contributed by atoms with Crippen molar-refractivity contribution >= 4 is 17.6 Å². The first-order chi connectivity index (χ1) is 9.99. The molecule has 1 N–H and O–H groups in total. The highest BCUT2D eigenvalue weighted by Crippen LogP contribution is 2.28. The van der Waals surface area contributed by atoms with Crippen molar-refractivity contribution in [2.75, 3.05) is 26.0 Å². The summed E-state index contributed by atoms with van der Waals surface area (Å²) in [6.07, 6.45) is 5.92. The smallest absolute Gasteiger partial charge is 0.140 e. The van der Waals surface area contributed by atoms with Gasteiger partial charge >= 0.3 is 0 Å². The maximum absolute atomic E-state index is 4.58. The number of likely N-dealkylation sites (N-methyl/N-ethyl adjacent to an activating group) is 1. The van der Waals surface area contributed by atoms with E-state index >= 15 is 0 Å². The predicted molar refractivity (Wildman–Crippen MR) is 90.7 cm³/mol. The Bertz CT molecular complexity index is 665. The van der Waals surface area contributed by atoms with Crippen LogP contribution < -0.4 is 10.2 Å². The van der Waals surface area contributed by atoms with E-state index in [2.05, 4.69) is 34.9 Å². The van der Waals surface area contributed by atoms with E-state index in [1.807, 2.05) is 51.3 Å². The number of nitrogens with zero attached hydrogens (tertiary/aromatic N) is 3. The molecule has 0 radical (unpaired) electrons. The van der Waals surface area contributed by atoms with Gasteiger partial charge < -0.3 is 10.2 Å². The standard InChI is InChI=1S/C17H22N4/c1-11-7-8-14-9-15(10-20-17(14)21(11)6)16(19-5)12(2)13(3)18-4/h7-10,18H,1H2,2-6H3/b13-12+,19-16?. The molecule has 1 aliphatic heterocycles. The average molecular weight is 282 g/mol. The number of allylic oxidation sites excluding steroid dienone is 3. The van der Waals surface area contributed by atoms with Crippen molar-refractivity contribution in [1.82, 2.24) is 10.3 Å². The number of aliphatic imine (C=N–C) groups is 1. The second kappa shape index (κ2) is 5.95. The van der Waals surface area contributed by atoms with E-state index < -0.39 is 0 Å². The Morgan fingerprint density at radius 1 is 1.33 bits per heavy atom. The lowest BCUT2D eigenvalue weighted by Crippen LogP contribution is -2.20. The summed E-state index contributed by atoms with van der Waals surface area (Å²) in [7, 11) is 5.70. The Morgan fingerprint density at radius 3 is 2.67 bits per heavy atom. The van der Waals surface area contributed by atoms with Gasteiger partial charge in [-0.25, -0.2) is 4.98 Å². The highest BCUT2D eigenvalue weighted by Gasteiger charge is 2.16. The van der Waals surface area contributed by atoms with Crippen molar-refractivity contribution in [3.8, 4) is 0 Å². The molecule has 0 saturated carbocycles.